The summed E-state index contributed by atoms with van der Waals surface area (Å²) in [5.41, 5.74) is 8.29. The molecule has 0 saturated carbocycles. The Kier molecular flexibility index (Phi) is 23.5. The molecule has 290 valence electrons. The van der Waals surface area contributed by atoms with Crippen molar-refractivity contribution < 1.29 is 29.3 Å². The van der Waals surface area contributed by atoms with Gasteiger partial charge in [-0.1, -0.05) is 64.1 Å². The minimum Gasteiger partial charge on any atom is -0.493 e. The third-order valence-electron chi connectivity index (χ3n) is 8.10. The number of hydrogen-bond acceptors (Lipinski definition) is 6. The molecule has 4 rings (SSSR count). The van der Waals surface area contributed by atoms with Gasteiger partial charge in [-0.2, -0.15) is 0 Å². The zero-order valence-corrected chi connectivity index (χ0v) is 36.4. The molecule has 51 heavy (non-hydrogen) atoms. The molecule has 1 saturated heterocycles. The fourth-order valence-corrected chi connectivity index (χ4v) is 6.43. The number of carboxylic acid groups (broad SMARTS) is 1. The molecule has 0 spiro atoms. The van der Waals surface area contributed by atoms with Gasteiger partial charge in [-0.05, 0) is 139 Å². The SMILES string of the molecule is C/C(=C\c1c(C)nc(C(C)I)c(CC(=O)O)c1-c1cc(C)c2c(c1C)CCCO2)C(=O)NCCC1CCOCC1.CC.CC.CC.CC(C)(C)O. The minimum atomic E-state index is -0.904. The molecule has 1 amide bonds. The summed E-state index contributed by atoms with van der Waals surface area (Å²) in [7, 11) is 0. The van der Waals surface area contributed by atoms with E-state index in [-0.39, 0.29) is 16.3 Å². The van der Waals surface area contributed by atoms with Gasteiger partial charge in [0.2, 0.25) is 5.91 Å². The second-order valence-electron chi connectivity index (χ2n) is 13.3. The summed E-state index contributed by atoms with van der Waals surface area (Å²) in [6, 6.07) is 2.11. The van der Waals surface area contributed by atoms with Crippen LogP contribution in [0.25, 0.3) is 17.2 Å². The highest BCUT2D eigenvalue weighted by molar-refractivity contribution is 14.1. The minimum absolute atomic E-state index is 0.0133. The predicted molar refractivity (Wildman–Crippen MR) is 222 cm³/mol. The number of alkyl halides is 1. The molecule has 1 fully saturated rings. The van der Waals surface area contributed by atoms with E-state index in [4.69, 9.17) is 19.6 Å². The Bertz CT molecular complexity index is 1400. The van der Waals surface area contributed by atoms with E-state index in [1.54, 1.807) is 20.8 Å². The Morgan fingerprint density at radius 1 is 1.06 bits per heavy atom. The molecule has 3 N–H and O–H groups in total. The topological polar surface area (TPSA) is 118 Å². The van der Waals surface area contributed by atoms with Crippen LogP contribution >= 0.6 is 22.6 Å². The molecule has 1 aromatic carbocycles. The molecule has 1 aromatic heterocycles. The summed E-state index contributed by atoms with van der Waals surface area (Å²) in [5.74, 6) is 0.503. The van der Waals surface area contributed by atoms with Crippen molar-refractivity contribution in [1.82, 2.24) is 10.3 Å². The summed E-state index contributed by atoms with van der Waals surface area (Å²) >= 11 is 2.30. The molecule has 3 heterocycles. The summed E-state index contributed by atoms with van der Waals surface area (Å²) in [5, 5.41) is 21.6. The third kappa shape index (κ3) is 16.0. The first-order chi connectivity index (χ1) is 24.1. The van der Waals surface area contributed by atoms with Gasteiger partial charge in [-0.25, -0.2) is 0 Å². The van der Waals surface area contributed by atoms with E-state index >= 15 is 0 Å². The van der Waals surface area contributed by atoms with Crippen molar-refractivity contribution in [3.8, 4) is 16.9 Å². The van der Waals surface area contributed by atoms with E-state index < -0.39 is 11.6 Å². The first-order valence-corrected chi connectivity index (χ1v) is 20.2. The maximum absolute atomic E-state index is 13.2. The average molecular weight is 825 g/mol. The molecule has 2 aliphatic heterocycles. The van der Waals surface area contributed by atoms with Crippen LogP contribution in [0.2, 0.25) is 0 Å². The number of aliphatic hydroxyl groups is 1. The third-order valence-corrected chi connectivity index (χ3v) is 8.69. The number of nitrogens with zero attached hydrogens (tertiary/aromatic N) is 1. The Morgan fingerprint density at radius 2 is 1.63 bits per heavy atom. The van der Waals surface area contributed by atoms with Gasteiger partial charge in [0.25, 0.3) is 0 Å². The van der Waals surface area contributed by atoms with Gasteiger partial charge in [0.1, 0.15) is 5.75 Å². The van der Waals surface area contributed by atoms with Crippen LogP contribution in [0, 0.1) is 26.7 Å². The van der Waals surface area contributed by atoms with Crippen molar-refractivity contribution in [3.63, 3.8) is 0 Å². The second kappa shape index (κ2) is 24.7. The van der Waals surface area contributed by atoms with Crippen molar-refractivity contribution >= 4 is 40.5 Å². The number of carbonyl (C=O) groups excluding carboxylic acids is 1. The van der Waals surface area contributed by atoms with E-state index in [1.807, 2.05) is 75.3 Å². The predicted octanol–water partition coefficient (Wildman–Crippen LogP) is 10.3. The molecule has 0 bridgehead atoms. The summed E-state index contributed by atoms with van der Waals surface area (Å²) in [6.07, 6.45) is 6.63. The Morgan fingerprint density at radius 3 is 2.16 bits per heavy atom. The standard InChI is InChI=1S/C32H41IN2O5.C4H10O.3C2H6/c1-18-15-25(20(3)24-7-6-12-40-31(18)24)29-26(22(5)35-30(21(4)33)27(29)17-28(36)37)16-19(2)32(38)34-11-8-23-9-13-39-14-10-23;1-4(2,3)5;3*1-2/h15-16,21,23H,6-14,17H2,1-5H3,(H,34,38)(H,36,37);5H,1-3H3;3*1-2H3/b19-16+;;;;. The summed E-state index contributed by atoms with van der Waals surface area (Å²) < 4.78 is 11.5. The molecule has 0 radical (unpaired) electrons. The molecular formula is C42H69IN2O6. The van der Waals surface area contributed by atoms with E-state index in [2.05, 4.69) is 40.9 Å². The highest BCUT2D eigenvalue weighted by Crippen LogP contribution is 2.43. The number of fused-ring (bicyclic) bond motifs is 1. The number of aryl methyl sites for hydroxylation is 2. The number of amides is 1. The van der Waals surface area contributed by atoms with Crippen molar-refractivity contribution in [2.45, 2.75) is 145 Å². The molecule has 2 aliphatic rings. The molecule has 1 unspecified atom stereocenters. The van der Waals surface area contributed by atoms with Crippen LogP contribution in [-0.4, -0.2) is 59.0 Å². The van der Waals surface area contributed by atoms with Crippen LogP contribution in [0.1, 0.15) is 145 Å². The number of carbonyl (C=O) groups is 2. The van der Waals surface area contributed by atoms with Crippen LogP contribution < -0.4 is 10.1 Å². The van der Waals surface area contributed by atoms with E-state index in [1.165, 1.54) is 5.56 Å². The number of nitrogens with one attached hydrogen (secondary N) is 1. The second-order valence-corrected chi connectivity index (χ2v) is 15.1. The molecule has 9 heteroatoms. The summed E-state index contributed by atoms with van der Waals surface area (Å²) in [4.78, 5) is 30.2. The van der Waals surface area contributed by atoms with Crippen LogP contribution in [0.5, 0.6) is 5.75 Å². The zero-order valence-electron chi connectivity index (χ0n) is 34.2. The molecule has 2 aromatic rings. The van der Waals surface area contributed by atoms with Crippen molar-refractivity contribution in [2.75, 3.05) is 26.4 Å². The highest BCUT2D eigenvalue weighted by Gasteiger charge is 2.27. The van der Waals surface area contributed by atoms with Crippen molar-refractivity contribution in [3.05, 3.63) is 50.8 Å². The van der Waals surface area contributed by atoms with E-state index in [0.29, 0.717) is 30.2 Å². The van der Waals surface area contributed by atoms with Crippen LogP contribution in [0.4, 0.5) is 0 Å². The number of pyridine rings is 1. The number of rotatable bonds is 9. The zero-order chi connectivity index (χ0) is 39.5. The lowest BCUT2D eigenvalue weighted by Crippen LogP contribution is -2.28. The number of aromatic nitrogens is 1. The molecule has 8 nitrogen and oxygen atoms in total. The lowest BCUT2D eigenvalue weighted by Gasteiger charge is -2.26. The lowest BCUT2D eigenvalue weighted by atomic mass is 9.84. The smallest absolute Gasteiger partial charge is 0.307 e. The van der Waals surface area contributed by atoms with E-state index in [0.717, 1.165) is 90.3 Å². The number of ether oxygens (including phenoxy) is 2. The first kappa shape index (κ1) is 48.5. The largest absolute Gasteiger partial charge is 0.493 e. The van der Waals surface area contributed by atoms with Gasteiger partial charge >= 0.3 is 5.97 Å². The Balaban J connectivity index is 0.00000203. The fourth-order valence-electron chi connectivity index (χ4n) is 5.92. The molecule has 0 aliphatic carbocycles. The normalized spacial score (nSPS) is 14.6. The van der Waals surface area contributed by atoms with Gasteiger partial charge in [0, 0.05) is 36.6 Å². The monoisotopic (exact) mass is 824 g/mol. The summed E-state index contributed by atoms with van der Waals surface area (Å²) in [6.45, 7) is 30.1. The average Bonchev–Trinajstić information content (AvgIpc) is 3.10. The quantitative estimate of drug-likeness (QED) is 0.131. The molecule has 1 atom stereocenters. The Hall–Kier alpha value is -2.50. The van der Waals surface area contributed by atoms with Crippen LogP contribution in [-0.2, 0) is 27.2 Å². The van der Waals surface area contributed by atoms with Gasteiger partial charge in [-0.3, -0.25) is 14.6 Å². The van der Waals surface area contributed by atoms with Crippen molar-refractivity contribution in [2.24, 2.45) is 5.92 Å². The van der Waals surface area contributed by atoms with Crippen molar-refractivity contribution in [1.29, 1.82) is 0 Å². The number of carboxylic acids is 1. The van der Waals surface area contributed by atoms with Gasteiger partial charge in [-0.15, -0.1) is 0 Å². The van der Waals surface area contributed by atoms with Gasteiger partial charge in [0.15, 0.2) is 0 Å². The fraction of sp³-hybridized carbons (Fsp3) is 0.643. The van der Waals surface area contributed by atoms with Gasteiger partial charge in [0.05, 0.1) is 28.2 Å². The maximum Gasteiger partial charge on any atom is 0.307 e. The van der Waals surface area contributed by atoms with Crippen LogP contribution in [0.3, 0.4) is 0 Å². The Labute approximate surface area is 323 Å². The number of hydrogen-bond donors (Lipinski definition) is 3. The lowest BCUT2D eigenvalue weighted by molar-refractivity contribution is -0.136. The van der Waals surface area contributed by atoms with Crippen LogP contribution in [0.15, 0.2) is 11.6 Å². The first-order valence-electron chi connectivity index (χ1n) is 19.0. The maximum atomic E-state index is 13.2. The molecular weight excluding hydrogens is 755 g/mol. The number of halogens is 1. The number of benzene rings is 1. The van der Waals surface area contributed by atoms with E-state index in [9.17, 15) is 14.7 Å². The number of aliphatic carboxylic acids is 1. The van der Waals surface area contributed by atoms with Gasteiger partial charge < -0.3 is 25.0 Å². The highest BCUT2D eigenvalue weighted by atomic mass is 127.